The second-order valence-electron chi connectivity index (χ2n) is 4.15. The van der Waals surface area contributed by atoms with Gasteiger partial charge in [-0.05, 0) is 24.2 Å². The van der Waals surface area contributed by atoms with E-state index in [9.17, 15) is 4.79 Å². The van der Waals surface area contributed by atoms with Crippen LogP contribution in [0.1, 0.15) is 16.1 Å². The summed E-state index contributed by atoms with van der Waals surface area (Å²) in [6, 6.07) is 11.8. The van der Waals surface area contributed by atoms with E-state index in [1.165, 1.54) is 12.7 Å². The fourth-order valence-electron chi connectivity index (χ4n) is 1.81. The van der Waals surface area contributed by atoms with E-state index in [4.69, 9.17) is 0 Å². The van der Waals surface area contributed by atoms with Crippen LogP contribution in [-0.2, 0) is 11.3 Å². The van der Waals surface area contributed by atoms with Crippen molar-refractivity contribution in [2.45, 2.75) is 6.54 Å². The van der Waals surface area contributed by atoms with E-state index in [1.807, 2.05) is 25.2 Å². The Morgan fingerprint density at radius 3 is 2.37 bits per heavy atom. The third-order valence-corrected chi connectivity index (χ3v) is 2.83. The second kappa shape index (κ2) is 6.11. The monoisotopic (exact) mass is 256 g/mol. The van der Waals surface area contributed by atoms with Gasteiger partial charge in [-0.1, -0.05) is 30.3 Å². The predicted molar refractivity (Wildman–Crippen MR) is 73.8 cm³/mol. The molecule has 1 aromatic heterocycles. The number of esters is 1. The van der Waals surface area contributed by atoms with Crippen molar-refractivity contribution in [3.8, 4) is 11.1 Å². The minimum atomic E-state index is -0.420. The summed E-state index contributed by atoms with van der Waals surface area (Å²) in [6.45, 7) is 0.847. The molecule has 0 bridgehead atoms. The van der Waals surface area contributed by atoms with Crippen molar-refractivity contribution < 1.29 is 9.53 Å². The number of nitrogens with zero attached hydrogens (tertiary/aromatic N) is 1. The van der Waals surface area contributed by atoms with Gasteiger partial charge in [-0.2, -0.15) is 0 Å². The average Bonchev–Trinajstić information content (AvgIpc) is 2.48. The quantitative estimate of drug-likeness (QED) is 0.852. The van der Waals surface area contributed by atoms with Gasteiger partial charge in [0.05, 0.1) is 7.11 Å². The van der Waals surface area contributed by atoms with Gasteiger partial charge in [-0.25, -0.2) is 9.78 Å². The Morgan fingerprint density at radius 2 is 1.84 bits per heavy atom. The molecule has 1 aromatic carbocycles. The maximum absolute atomic E-state index is 11.3. The van der Waals surface area contributed by atoms with Gasteiger partial charge in [0.2, 0.25) is 0 Å². The first-order valence-electron chi connectivity index (χ1n) is 6.03. The second-order valence-corrected chi connectivity index (χ2v) is 4.15. The lowest BCUT2D eigenvalue weighted by molar-refractivity contribution is 0.0594. The Bertz CT molecular complexity index is 547. The van der Waals surface area contributed by atoms with Gasteiger partial charge in [0, 0.05) is 18.3 Å². The Labute approximate surface area is 112 Å². The SMILES string of the molecule is CNCc1ccc(-c2ccc(C(=O)OC)nc2)cc1. The molecule has 19 heavy (non-hydrogen) atoms. The Hall–Kier alpha value is -2.20. The maximum Gasteiger partial charge on any atom is 0.356 e. The van der Waals surface area contributed by atoms with Crippen LogP contribution in [0.15, 0.2) is 42.6 Å². The predicted octanol–water partition coefficient (Wildman–Crippen LogP) is 2.25. The van der Waals surface area contributed by atoms with Gasteiger partial charge < -0.3 is 10.1 Å². The van der Waals surface area contributed by atoms with Crippen LogP contribution in [0.4, 0.5) is 0 Å². The summed E-state index contributed by atoms with van der Waals surface area (Å²) < 4.78 is 4.62. The molecular formula is C15H16N2O2. The Balaban J connectivity index is 2.19. The van der Waals surface area contributed by atoms with Crippen molar-refractivity contribution in [1.82, 2.24) is 10.3 Å². The van der Waals surface area contributed by atoms with Gasteiger partial charge in [0.15, 0.2) is 0 Å². The summed E-state index contributed by atoms with van der Waals surface area (Å²) in [5.74, 6) is -0.420. The molecule has 0 unspecified atom stereocenters. The molecule has 0 spiro atoms. The first-order valence-corrected chi connectivity index (χ1v) is 6.03. The highest BCUT2D eigenvalue weighted by molar-refractivity contribution is 5.87. The molecule has 0 saturated heterocycles. The molecule has 2 rings (SSSR count). The molecular weight excluding hydrogens is 240 g/mol. The summed E-state index contributed by atoms with van der Waals surface area (Å²) in [7, 11) is 3.27. The summed E-state index contributed by atoms with van der Waals surface area (Å²) in [4.78, 5) is 15.4. The number of pyridine rings is 1. The molecule has 4 heteroatoms. The molecule has 0 fully saturated rings. The van der Waals surface area contributed by atoms with Gasteiger partial charge in [0.1, 0.15) is 5.69 Å². The van der Waals surface area contributed by atoms with Crippen LogP contribution in [0.5, 0.6) is 0 Å². The number of aromatic nitrogens is 1. The first-order chi connectivity index (χ1) is 9.24. The minimum absolute atomic E-state index is 0.318. The van der Waals surface area contributed by atoms with E-state index < -0.39 is 5.97 Å². The van der Waals surface area contributed by atoms with E-state index in [1.54, 1.807) is 12.3 Å². The van der Waals surface area contributed by atoms with E-state index in [0.29, 0.717) is 5.69 Å². The summed E-state index contributed by atoms with van der Waals surface area (Å²) >= 11 is 0. The molecule has 1 N–H and O–H groups in total. The maximum atomic E-state index is 11.3. The summed E-state index contributed by atoms with van der Waals surface area (Å²) in [5.41, 5.74) is 3.59. The smallest absolute Gasteiger partial charge is 0.356 e. The normalized spacial score (nSPS) is 10.2. The van der Waals surface area contributed by atoms with Gasteiger partial charge >= 0.3 is 5.97 Å². The van der Waals surface area contributed by atoms with Gasteiger partial charge in [0.25, 0.3) is 0 Å². The number of hydrogen-bond acceptors (Lipinski definition) is 4. The zero-order chi connectivity index (χ0) is 13.7. The molecule has 0 aliphatic rings. The topological polar surface area (TPSA) is 51.2 Å². The van der Waals surface area contributed by atoms with Crippen LogP contribution < -0.4 is 5.32 Å². The number of nitrogens with one attached hydrogen (secondary N) is 1. The van der Waals surface area contributed by atoms with Crippen LogP contribution in [-0.4, -0.2) is 25.1 Å². The minimum Gasteiger partial charge on any atom is -0.464 e. The molecule has 98 valence electrons. The number of rotatable bonds is 4. The number of carbonyl (C=O) groups is 1. The van der Waals surface area contributed by atoms with Crippen LogP contribution >= 0.6 is 0 Å². The zero-order valence-corrected chi connectivity index (χ0v) is 11.0. The van der Waals surface area contributed by atoms with Crippen LogP contribution in [0.25, 0.3) is 11.1 Å². The van der Waals surface area contributed by atoms with Crippen molar-refractivity contribution in [3.63, 3.8) is 0 Å². The number of ether oxygens (including phenoxy) is 1. The van der Waals surface area contributed by atoms with Gasteiger partial charge in [-0.15, -0.1) is 0 Å². The highest BCUT2D eigenvalue weighted by Gasteiger charge is 2.06. The molecule has 0 aliphatic carbocycles. The molecule has 0 aliphatic heterocycles. The standard InChI is InChI=1S/C15H16N2O2/c1-16-9-11-3-5-12(6-4-11)13-7-8-14(17-10-13)15(18)19-2/h3-8,10,16H,9H2,1-2H3. The third-order valence-electron chi connectivity index (χ3n) is 2.83. The van der Waals surface area contributed by atoms with E-state index in [-0.39, 0.29) is 0 Å². The van der Waals surface area contributed by atoms with Crippen molar-refractivity contribution >= 4 is 5.97 Å². The van der Waals surface area contributed by atoms with Crippen molar-refractivity contribution in [1.29, 1.82) is 0 Å². The van der Waals surface area contributed by atoms with Crippen molar-refractivity contribution in [3.05, 3.63) is 53.9 Å². The highest BCUT2D eigenvalue weighted by Crippen LogP contribution is 2.19. The van der Waals surface area contributed by atoms with Crippen LogP contribution in [0.3, 0.4) is 0 Å². The zero-order valence-electron chi connectivity index (χ0n) is 11.0. The third kappa shape index (κ3) is 3.17. The fraction of sp³-hybridized carbons (Fsp3) is 0.200. The number of methoxy groups -OCH3 is 1. The average molecular weight is 256 g/mol. The van der Waals surface area contributed by atoms with Crippen molar-refractivity contribution in [2.75, 3.05) is 14.2 Å². The molecule has 0 radical (unpaired) electrons. The van der Waals surface area contributed by atoms with E-state index in [0.717, 1.165) is 17.7 Å². The van der Waals surface area contributed by atoms with Gasteiger partial charge in [-0.3, -0.25) is 0 Å². The first kappa shape index (κ1) is 13.2. The molecule has 4 nitrogen and oxygen atoms in total. The Morgan fingerprint density at radius 1 is 1.16 bits per heavy atom. The fourth-order valence-corrected chi connectivity index (χ4v) is 1.81. The lowest BCUT2D eigenvalue weighted by Crippen LogP contribution is -2.04. The molecule has 2 aromatic rings. The summed E-state index contributed by atoms with van der Waals surface area (Å²) in [6.07, 6.45) is 1.68. The summed E-state index contributed by atoms with van der Waals surface area (Å²) in [5, 5.41) is 3.11. The molecule has 0 saturated carbocycles. The van der Waals surface area contributed by atoms with Crippen LogP contribution in [0.2, 0.25) is 0 Å². The van der Waals surface area contributed by atoms with Crippen LogP contribution in [0, 0.1) is 0 Å². The largest absolute Gasteiger partial charge is 0.464 e. The molecule has 1 heterocycles. The number of benzene rings is 1. The molecule has 0 amide bonds. The lowest BCUT2D eigenvalue weighted by atomic mass is 10.1. The number of carbonyl (C=O) groups excluding carboxylic acids is 1. The lowest BCUT2D eigenvalue weighted by Gasteiger charge is -2.05. The van der Waals surface area contributed by atoms with Crippen molar-refractivity contribution in [2.24, 2.45) is 0 Å². The van der Waals surface area contributed by atoms with E-state index in [2.05, 4.69) is 27.2 Å². The highest BCUT2D eigenvalue weighted by atomic mass is 16.5. The Kier molecular flexibility index (Phi) is 4.26. The molecule has 0 atom stereocenters. The van der Waals surface area contributed by atoms with E-state index >= 15 is 0 Å². The number of hydrogen-bond donors (Lipinski definition) is 1.